The van der Waals surface area contributed by atoms with Crippen LogP contribution in [-0.2, 0) is 4.74 Å². The van der Waals surface area contributed by atoms with Gasteiger partial charge < -0.3 is 14.5 Å². The molecule has 24 heavy (non-hydrogen) atoms. The zero-order valence-electron chi connectivity index (χ0n) is 14.6. The number of rotatable bonds is 1. The van der Waals surface area contributed by atoms with Crippen molar-refractivity contribution in [2.24, 2.45) is 0 Å². The number of amides is 1. The molecule has 0 bridgehead atoms. The first kappa shape index (κ1) is 17.1. The Hall–Kier alpha value is -1.76. The van der Waals surface area contributed by atoms with Gasteiger partial charge in [-0.25, -0.2) is 9.18 Å². The third-order valence-electron chi connectivity index (χ3n) is 4.04. The van der Waals surface area contributed by atoms with Gasteiger partial charge in [-0.1, -0.05) is 0 Å². The Morgan fingerprint density at radius 1 is 1.25 bits per heavy atom. The lowest BCUT2D eigenvalue weighted by Gasteiger charge is -2.37. The number of piperazine rings is 1. The molecule has 1 fully saturated rings. The number of halogens is 1. The second kappa shape index (κ2) is 6.28. The molecular formula is C17H22BFN2O2S. The molecule has 4 nitrogen and oxygen atoms in total. The van der Waals surface area contributed by atoms with E-state index < -0.39 is 5.60 Å². The van der Waals surface area contributed by atoms with E-state index in [1.165, 1.54) is 16.5 Å². The maximum absolute atomic E-state index is 13.4. The Morgan fingerprint density at radius 3 is 2.54 bits per heavy atom. The van der Waals surface area contributed by atoms with Crippen LogP contribution in [0.15, 0.2) is 18.2 Å². The largest absolute Gasteiger partial charge is 0.444 e. The van der Waals surface area contributed by atoms with Gasteiger partial charge in [0.2, 0.25) is 0 Å². The zero-order chi connectivity index (χ0) is 17.5. The lowest BCUT2D eigenvalue weighted by Crippen LogP contribution is -2.50. The van der Waals surface area contributed by atoms with Crippen LogP contribution < -0.4 is 9.68 Å². The molecule has 0 aliphatic carbocycles. The first-order valence-electron chi connectivity index (χ1n) is 8.16. The van der Waals surface area contributed by atoms with Gasteiger partial charge in [0.15, 0.2) is 7.85 Å². The topological polar surface area (TPSA) is 32.8 Å². The molecule has 1 aliphatic heterocycles. The summed E-state index contributed by atoms with van der Waals surface area (Å²) in [6.07, 6.45) is -0.254. The average Bonchev–Trinajstić information content (AvgIpc) is 2.80. The first-order chi connectivity index (χ1) is 11.2. The second-order valence-electron chi connectivity index (χ2n) is 7.10. The first-order valence-corrected chi connectivity index (χ1v) is 8.98. The number of fused-ring (bicyclic) bond motifs is 1. The van der Waals surface area contributed by atoms with Crippen LogP contribution in [0, 0.1) is 5.82 Å². The van der Waals surface area contributed by atoms with Crippen LogP contribution in [0.2, 0.25) is 0 Å². The number of hydrogen-bond acceptors (Lipinski definition) is 4. The highest BCUT2D eigenvalue weighted by Gasteiger charge is 2.27. The molecule has 0 atom stereocenters. The van der Waals surface area contributed by atoms with E-state index in [0.717, 1.165) is 23.2 Å². The normalized spacial score (nSPS) is 15.8. The molecule has 1 aromatic carbocycles. The number of hydrogen-bond donors (Lipinski definition) is 0. The van der Waals surface area contributed by atoms with E-state index in [1.54, 1.807) is 22.3 Å². The van der Waals surface area contributed by atoms with Gasteiger partial charge in [0.25, 0.3) is 0 Å². The van der Waals surface area contributed by atoms with Crippen LogP contribution in [0.5, 0.6) is 0 Å². The lowest BCUT2D eigenvalue weighted by molar-refractivity contribution is 0.0241. The van der Waals surface area contributed by atoms with Crippen molar-refractivity contribution < 1.29 is 13.9 Å². The van der Waals surface area contributed by atoms with Crippen LogP contribution in [0.1, 0.15) is 20.8 Å². The maximum Gasteiger partial charge on any atom is 0.410 e. The van der Waals surface area contributed by atoms with Crippen molar-refractivity contribution >= 4 is 45.8 Å². The highest BCUT2D eigenvalue weighted by Crippen LogP contribution is 2.31. The quantitative estimate of drug-likeness (QED) is 0.742. The van der Waals surface area contributed by atoms with E-state index in [1.807, 2.05) is 26.8 Å². The Balaban J connectivity index is 1.73. The van der Waals surface area contributed by atoms with Gasteiger partial charge >= 0.3 is 6.09 Å². The predicted molar refractivity (Wildman–Crippen MR) is 100.0 cm³/mol. The summed E-state index contributed by atoms with van der Waals surface area (Å²) in [4.78, 5) is 16.2. The minimum absolute atomic E-state index is 0.204. The zero-order valence-corrected chi connectivity index (χ0v) is 15.4. The maximum atomic E-state index is 13.4. The van der Waals surface area contributed by atoms with Gasteiger partial charge in [0, 0.05) is 42.0 Å². The summed E-state index contributed by atoms with van der Waals surface area (Å²) in [6.45, 7) is 8.40. The summed E-state index contributed by atoms with van der Waals surface area (Å²) in [5, 5.41) is 1.09. The molecule has 1 saturated heterocycles. The number of ether oxygens (including phenoxy) is 1. The number of anilines is 1. The fraction of sp³-hybridized carbons (Fsp3) is 0.471. The van der Waals surface area contributed by atoms with E-state index in [-0.39, 0.29) is 11.9 Å². The summed E-state index contributed by atoms with van der Waals surface area (Å²) in [5.74, 6) is -0.204. The molecule has 128 valence electrons. The van der Waals surface area contributed by atoms with Gasteiger partial charge in [-0.15, -0.1) is 11.3 Å². The third kappa shape index (κ3) is 3.51. The van der Waals surface area contributed by atoms with E-state index in [2.05, 4.69) is 12.7 Å². The number of carbonyl (C=O) groups is 1. The van der Waals surface area contributed by atoms with Crippen molar-refractivity contribution in [3.05, 3.63) is 24.0 Å². The van der Waals surface area contributed by atoms with Crippen molar-refractivity contribution in [2.45, 2.75) is 26.4 Å². The molecule has 1 aliphatic rings. The van der Waals surface area contributed by atoms with E-state index in [9.17, 15) is 9.18 Å². The minimum Gasteiger partial charge on any atom is -0.444 e. The molecule has 0 saturated carbocycles. The molecule has 7 heteroatoms. The summed E-state index contributed by atoms with van der Waals surface area (Å²) in [6, 6.07) is 4.95. The highest BCUT2D eigenvalue weighted by atomic mass is 32.1. The van der Waals surface area contributed by atoms with Gasteiger partial charge in [-0.2, -0.15) is 0 Å². The predicted octanol–water partition coefficient (Wildman–Crippen LogP) is 2.36. The van der Waals surface area contributed by atoms with Crippen molar-refractivity contribution in [3.8, 4) is 0 Å². The van der Waals surface area contributed by atoms with Crippen LogP contribution in [0.4, 0.5) is 14.9 Å². The van der Waals surface area contributed by atoms with E-state index >= 15 is 0 Å². The summed E-state index contributed by atoms with van der Waals surface area (Å²) >= 11 is 1.61. The van der Waals surface area contributed by atoms with Crippen molar-refractivity contribution in [1.29, 1.82) is 0 Å². The second-order valence-corrected chi connectivity index (χ2v) is 8.36. The van der Waals surface area contributed by atoms with Crippen LogP contribution in [0.3, 0.4) is 0 Å². The molecule has 3 rings (SSSR count). The molecule has 0 N–H and O–H groups in total. The number of carbonyl (C=O) groups excluding carboxylic acids is 1. The third-order valence-corrected chi connectivity index (χ3v) is 5.10. The molecule has 1 amide bonds. The summed E-state index contributed by atoms with van der Waals surface area (Å²) in [5.41, 5.74) is 0.692. The van der Waals surface area contributed by atoms with E-state index in [0.29, 0.717) is 13.1 Å². The molecule has 2 aromatic rings. The van der Waals surface area contributed by atoms with Crippen LogP contribution in [0.25, 0.3) is 10.1 Å². The van der Waals surface area contributed by atoms with Crippen LogP contribution in [-0.4, -0.2) is 50.6 Å². The molecular weight excluding hydrogens is 326 g/mol. The monoisotopic (exact) mass is 348 g/mol. The molecule has 0 unspecified atom stereocenters. The SMILES string of the molecule is Bc1sc2cc(F)ccc2c1N1CCN(C(=O)OC(C)(C)C)CC1. The molecule has 2 heterocycles. The highest BCUT2D eigenvalue weighted by molar-refractivity contribution is 7.27. The Kier molecular flexibility index (Phi) is 4.47. The summed E-state index contributed by atoms with van der Waals surface area (Å²) in [7, 11) is 2.07. The average molecular weight is 348 g/mol. The molecule has 1 aromatic heterocycles. The fourth-order valence-corrected chi connectivity index (χ4v) is 4.12. The Bertz CT molecular complexity index is 764. The van der Waals surface area contributed by atoms with Gasteiger partial charge in [0.1, 0.15) is 11.4 Å². The Labute approximate surface area is 146 Å². The standard InChI is InChI=1S/C17H22BFN2O2S/c1-17(2,3)23-16(22)21-8-6-20(7-9-21)14-12-5-4-11(19)10-13(12)24-15(14)18/h4-5,10H,6-9,18H2,1-3H3. The van der Waals surface area contributed by atoms with Gasteiger partial charge in [-0.05, 0) is 43.7 Å². The molecule has 0 radical (unpaired) electrons. The van der Waals surface area contributed by atoms with Gasteiger partial charge in [0.05, 0.1) is 0 Å². The fourth-order valence-electron chi connectivity index (χ4n) is 3.01. The van der Waals surface area contributed by atoms with Crippen molar-refractivity contribution in [2.75, 3.05) is 31.1 Å². The number of thiophene rings is 1. The van der Waals surface area contributed by atoms with E-state index in [4.69, 9.17) is 4.74 Å². The van der Waals surface area contributed by atoms with Crippen LogP contribution >= 0.6 is 11.3 Å². The molecule has 0 spiro atoms. The minimum atomic E-state index is -0.474. The smallest absolute Gasteiger partial charge is 0.410 e. The lowest BCUT2D eigenvalue weighted by atomic mass is 10.0. The van der Waals surface area contributed by atoms with Crippen molar-refractivity contribution in [3.63, 3.8) is 0 Å². The van der Waals surface area contributed by atoms with Gasteiger partial charge in [-0.3, -0.25) is 0 Å². The number of nitrogens with zero attached hydrogens (tertiary/aromatic N) is 2. The van der Waals surface area contributed by atoms with Crippen molar-refractivity contribution in [1.82, 2.24) is 4.90 Å². The number of benzene rings is 1. The Morgan fingerprint density at radius 2 is 1.92 bits per heavy atom. The summed E-state index contributed by atoms with van der Waals surface area (Å²) < 4.78 is 21.0.